The van der Waals surface area contributed by atoms with E-state index in [1.165, 1.54) is 31.7 Å². The Bertz CT molecular complexity index is 375. The maximum absolute atomic E-state index is 11.6. The highest BCUT2D eigenvalue weighted by atomic mass is 35.5. The molecule has 0 aromatic carbocycles. The van der Waals surface area contributed by atoms with Gasteiger partial charge in [-0.1, -0.05) is 30.9 Å². The Morgan fingerprint density at radius 1 is 1.29 bits per heavy atom. The molecule has 0 saturated heterocycles. The van der Waals surface area contributed by atoms with Crippen molar-refractivity contribution in [3.05, 3.63) is 23.2 Å². The summed E-state index contributed by atoms with van der Waals surface area (Å²) in [6.45, 7) is 0.489. The van der Waals surface area contributed by atoms with Crippen molar-refractivity contribution in [3.8, 4) is 0 Å². The van der Waals surface area contributed by atoms with E-state index >= 15 is 0 Å². The zero-order valence-corrected chi connectivity index (χ0v) is 10.3. The number of hydrogen-bond acceptors (Lipinski definition) is 4. The molecular formula is C12H15ClN2O2. The van der Waals surface area contributed by atoms with Crippen LogP contribution in [0.3, 0.4) is 0 Å². The van der Waals surface area contributed by atoms with Gasteiger partial charge in [0.05, 0.1) is 19.0 Å². The van der Waals surface area contributed by atoms with E-state index in [0.29, 0.717) is 12.5 Å². The van der Waals surface area contributed by atoms with Crippen LogP contribution in [0.15, 0.2) is 12.4 Å². The van der Waals surface area contributed by atoms with Gasteiger partial charge in [0.1, 0.15) is 5.15 Å². The Morgan fingerprint density at radius 2 is 2.06 bits per heavy atom. The number of aromatic nitrogens is 2. The van der Waals surface area contributed by atoms with E-state index in [1.807, 2.05) is 0 Å². The molecule has 0 unspecified atom stereocenters. The summed E-state index contributed by atoms with van der Waals surface area (Å²) in [6, 6.07) is 0. The molecule has 0 spiro atoms. The van der Waals surface area contributed by atoms with E-state index < -0.39 is 5.97 Å². The number of esters is 1. The van der Waals surface area contributed by atoms with Crippen molar-refractivity contribution in [1.29, 1.82) is 0 Å². The van der Waals surface area contributed by atoms with Crippen molar-refractivity contribution >= 4 is 17.6 Å². The average Bonchev–Trinajstić information content (AvgIpc) is 2.38. The third kappa shape index (κ3) is 3.66. The quantitative estimate of drug-likeness (QED) is 0.779. The van der Waals surface area contributed by atoms with E-state index in [1.54, 1.807) is 0 Å². The zero-order valence-electron chi connectivity index (χ0n) is 9.56. The van der Waals surface area contributed by atoms with Gasteiger partial charge in [-0.05, 0) is 18.8 Å². The Labute approximate surface area is 105 Å². The summed E-state index contributed by atoms with van der Waals surface area (Å²) < 4.78 is 5.22. The van der Waals surface area contributed by atoms with Crippen LogP contribution in [0.2, 0.25) is 5.15 Å². The Morgan fingerprint density at radius 3 is 2.71 bits per heavy atom. The minimum Gasteiger partial charge on any atom is -0.461 e. The highest BCUT2D eigenvalue weighted by Crippen LogP contribution is 2.23. The maximum Gasteiger partial charge on any atom is 0.358 e. The van der Waals surface area contributed by atoms with Crippen LogP contribution in [0.1, 0.15) is 42.6 Å². The van der Waals surface area contributed by atoms with Gasteiger partial charge in [-0.3, -0.25) is 0 Å². The number of nitrogens with zero attached hydrogens (tertiary/aromatic N) is 2. The molecule has 1 aromatic heterocycles. The van der Waals surface area contributed by atoms with Crippen LogP contribution in [0.5, 0.6) is 0 Å². The van der Waals surface area contributed by atoms with Gasteiger partial charge in [-0.25, -0.2) is 14.8 Å². The molecule has 4 nitrogen and oxygen atoms in total. The second kappa shape index (κ2) is 5.96. The summed E-state index contributed by atoms with van der Waals surface area (Å²) in [6.07, 6.45) is 8.77. The topological polar surface area (TPSA) is 52.1 Å². The van der Waals surface area contributed by atoms with Crippen molar-refractivity contribution in [2.75, 3.05) is 6.61 Å². The first-order chi connectivity index (χ1) is 8.25. The zero-order chi connectivity index (χ0) is 12.1. The molecule has 1 fully saturated rings. The molecule has 1 heterocycles. The summed E-state index contributed by atoms with van der Waals surface area (Å²) in [5.74, 6) is 0.0905. The number of carbonyl (C=O) groups is 1. The summed E-state index contributed by atoms with van der Waals surface area (Å²) in [5.41, 5.74) is 0.213. The second-order valence-electron chi connectivity index (χ2n) is 4.33. The molecule has 0 atom stereocenters. The van der Waals surface area contributed by atoms with Gasteiger partial charge >= 0.3 is 5.97 Å². The minimum absolute atomic E-state index is 0.213. The van der Waals surface area contributed by atoms with E-state index in [4.69, 9.17) is 16.3 Å². The van der Waals surface area contributed by atoms with E-state index in [0.717, 1.165) is 12.8 Å². The summed E-state index contributed by atoms with van der Waals surface area (Å²) in [7, 11) is 0. The molecular weight excluding hydrogens is 240 g/mol. The Hall–Kier alpha value is -1.16. The third-order valence-electron chi connectivity index (χ3n) is 3.00. The van der Waals surface area contributed by atoms with Crippen molar-refractivity contribution in [3.63, 3.8) is 0 Å². The molecule has 0 bridgehead atoms. The lowest BCUT2D eigenvalue weighted by Gasteiger charge is -2.20. The second-order valence-corrected chi connectivity index (χ2v) is 4.71. The number of hydrogen-bond donors (Lipinski definition) is 0. The fourth-order valence-corrected chi connectivity index (χ4v) is 2.14. The van der Waals surface area contributed by atoms with E-state index in [9.17, 15) is 4.79 Å². The lowest BCUT2D eigenvalue weighted by molar-refractivity contribution is 0.0403. The highest BCUT2D eigenvalue weighted by molar-refractivity contribution is 6.29. The standard InChI is InChI=1S/C12H15ClN2O2/c13-11-7-14-10(6-15-11)12(16)17-8-9-4-2-1-3-5-9/h6-7,9H,1-5,8H2. The summed E-state index contributed by atoms with van der Waals surface area (Å²) >= 11 is 5.59. The molecule has 1 aliphatic carbocycles. The molecule has 0 N–H and O–H groups in total. The van der Waals surface area contributed by atoms with Gasteiger partial charge in [-0.2, -0.15) is 0 Å². The van der Waals surface area contributed by atoms with Crippen molar-refractivity contribution < 1.29 is 9.53 Å². The van der Waals surface area contributed by atoms with Crippen LogP contribution in [-0.2, 0) is 4.74 Å². The molecule has 92 valence electrons. The smallest absolute Gasteiger partial charge is 0.358 e. The van der Waals surface area contributed by atoms with Crippen LogP contribution in [-0.4, -0.2) is 22.5 Å². The number of rotatable bonds is 3. The van der Waals surface area contributed by atoms with Gasteiger partial charge in [0.2, 0.25) is 0 Å². The number of carbonyl (C=O) groups excluding carboxylic acids is 1. The number of halogens is 1. The van der Waals surface area contributed by atoms with Gasteiger partial charge in [-0.15, -0.1) is 0 Å². The first-order valence-corrected chi connectivity index (χ1v) is 6.28. The van der Waals surface area contributed by atoms with Crippen molar-refractivity contribution in [2.45, 2.75) is 32.1 Å². The first-order valence-electron chi connectivity index (χ1n) is 5.90. The highest BCUT2D eigenvalue weighted by Gasteiger charge is 2.16. The van der Waals surface area contributed by atoms with Gasteiger partial charge in [0.25, 0.3) is 0 Å². The summed E-state index contributed by atoms with van der Waals surface area (Å²) in [4.78, 5) is 19.3. The molecule has 1 aromatic rings. The third-order valence-corrected chi connectivity index (χ3v) is 3.20. The van der Waals surface area contributed by atoms with Crippen molar-refractivity contribution in [2.24, 2.45) is 5.92 Å². The van der Waals surface area contributed by atoms with Crippen LogP contribution in [0.4, 0.5) is 0 Å². The summed E-state index contributed by atoms with van der Waals surface area (Å²) in [5, 5.41) is 0.272. The van der Waals surface area contributed by atoms with Gasteiger partial charge < -0.3 is 4.74 Å². The minimum atomic E-state index is -0.417. The van der Waals surface area contributed by atoms with Crippen molar-refractivity contribution in [1.82, 2.24) is 9.97 Å². The predicted octanol–water partition coefficient (Wildman–Crippen LogP) is 2.87. The molecule has 0 radical (unpaired) electrons. The van der Waals surface area contributed by atoms with E-state index in [-0.39, 0.29) is 10.8 Å². The molecule has 2 rings (SSSR count). The Kier molecular flexibility index (Phi) is 4.31. The maximum atomic E-state index is 11.6. The fourth-order valence-electron chi connectivity index (χ4n) is 2.04. The predicted molar refractivity (Wildman–Crippen MR) is 63.9 cm³/mol. The van der Waals surface area contributed by atoms with Crippen LogP contribution < -0.4 is 0 Å². The normalized spacial score (nSPS) is 16.8. The molecule has 0 aliphatic heterocycles. The molecule has 5 heteroatoms. The SMILES string of the molecule is O=C(OCC1CCCCC1)c1cnc(Cl)cn1. The Balaban J connectivity index is 1.82. The number of ether oxygens (including phenoxy) is 1. The first kappa shape index (κ1) is 12.3. The largest absolute Gasteiger partial charge is 0.461 e. The average molecular weight is 255 g/mol. The molecule has 1 saturated carbocycles. The molecule has 17 heavy (non-hydrogen) atoms. The van der Waals surface area contributed by atoms with Crippen LogP contribution in [0, 0.1) is 5.92 Å². The van der Waals surface area contributed by atoms with Gasteiger partial charge in [0.15, 0.2) is 5.69 Å². The fraction of sp³-hybridized carbons (Fsp3) is 0.583. The lowest BCUT2D eigenvalue weighted by Crippen LogP contribution is -2.17. The van der Waals surface area contributed by atoms with E-state index in [2.05, 4.69) is 9.97 Å². The molecule has 0 amide bonds. The van der Waals surface area contributed by atoms with Crippen LogP contribution in [0.25, 0.3) is 0 Å². The lowest BCUT2D eigenvalue weighted by atomic mass is 9.90. The van der Waals surface area contributed by atoms with Gasteiger partial charge in [0, 0.05) is 0 Å². The molecule has 1 aliphatic rings. The van der Waals surface area contributed by atoms with Crippen LogP contribution >= 0.6 is 11.6 Å². The monoisotopic (exact) mass is 254 g/mol.